The molecule has 8 heteroatoms. The van der Waals surface area contributed by atoms with Gasteiger partial charge in [-0.15, -0.1) is 0 Å². The highest BCUT2D eigenvalue weighted by Crippen LogP contribution is 2.14. The van der Waals surface area contributed by atoms with Gasteiger partial charge in [-0.25, -0.2) is 9.59 Å². The van der Waals surface area contributed by atoms with E-state index in [4.69, 9.17) is 9.47 Å². The third kappa shape index (κ3) is 8.75. The van der Waals surface area contributed by atoms with E-state index in [1.165, 1.54) is 0 Å². The second-order valence-electron chi connectivity index (χ2n) is 8.29. The van der Waals surface area contributed by atoms with Crippen LogP contribution in [0.5, 0.6) is 5.75 Å². The molecule has 2 aromatic carbocycles. The van der Waals surface area contributed by atoms with Crippen molar-refractivity contribution in [1.82, 2.24) is 15.1 Å². The normalized spacial score (nSPS) is 15.5. The molecule has 1 saturated heterocycles. The van der Waals surface area contributed by atoms with E-state index in [2.05, 4.69) is 22.2 Å². The molecule has 0 unspecified atom stereocenters. The first-order chi connectivity index (χ1) is 16.0. The van der Waals surface area contributed by atoms with Crippen molar-refractivity contribution in [3.05, 3.63) is 65.7 Å². The van der Waals surface area contributed by atoms with Crippen molar-refractivity contribution in [3.63, 3.8) is 0 Å². The van der Waals surface area contributed by atoms with Crippen LogP contribution < -0.4 is 10.1 Å². The van der Waals surface area contributed by atoms with Crippen LogP contribution in [0.15, 0.2) is 54.6 Å². The Labute approximate surface area is 195 Å². The zero-order valence-corrected chi connectivity index (χ0v) is 19.1. The van der Waals surface area contributed by atoms with Gasteiger partial charge in [0.25, 0.3) is 0 Å². The zero-order valence-electron chi connectivity index (χ0n) is 19.1. The molecular formula is C25H33N3O5. The maximum atomic E-state index is 12.0. The highest BCUT2D eigenvalue weighted by molar-refractivity contribution is 5.80. The number of aliphatic carboxylic acids is 1. The highest BCUT2D eigenvalue weighted by Gasteiger charge is 2.21. The van der Waals surface area contributed by atoms with Crippen LogP contribution in [0.4, 0.5) is 4.79 Å². The summed E-state index contributed by atoms with van der Waals surface area (Å²) in [6.07, 6.45) is 0.354. The molecule has 3 rings (SSSR count). The van der Waals surface area contributed by atoms with Gasteiger partial charge in [0.05, 0.1) is 6.61 Å². The van der Waals surface area contributed by atoms with E-state index in [0.29, 0.717) is 6.61 Å². The van der Waals surface area contributed by atoms with Crippen molar-refractivity contribution >= 4 is 12.1 Å². The second kappa shape index (κ2) is 12.8. The SMILES string of the molecule is CN1CCN(CCCOc2ccc(C[C@H](NC(=O)OCc3ccccc3)C(=O)O)cc2)CC1. The molecule has 0 saturated carbocycles. The minimum absolute atomic E-state index is 0.0832. The molecule has 1 amide bonds. The van der Waals surface area contributed by atoms with E-state index in [1.54, 1.807) is 0 Å². The third-order valence-corrected chi connectivity index (χ3v) is 5.65. The number of carboxylic acid groups (broad SMARTS) is 1. The quantitative estimate of drug-likeness (QED) is 0.503. The molecule has 0 aliphatic carbocycles. The molecule has 0 radical (unpaired) electrons. The Balaban J connectivity index is 1.39. The average Bonchev–Trinajstić information content (AvgIpc) is 2.83. The number of likely N-dealkylation sites (N-methyl/N-ethyl adjacent to an activating group) is 1. The number of amides is 1. The Bertz CT molecular complexity index is 867. The zero-order chi connectivity index (χ0) is 23.5. The maximum Gasteiger partial charge on any atom is 0.408 e. The van der Waals surface area contributed by atoms with Gasteiger partial charge in [0.2, 0.25) is 0 Å². The van der Waals surface area contributed by atoms with E-state index < -0.39 is 18.1 Å². The van der Waals surface area contributed by atoms with Crippen molar-refractivity contribution in [3.8, 4) is 5.75 Å². The number of carbonyl (C=O) groups is 2. The Morgan fingerprint density at radius 1 is 1.00 bits per heavy atom. The van der Waals surface area contributed by atoms with E-state index in [9.17, 15) is 14.7 Å². The number of carbonyl (C=O) groups excluding carboxylic acids is 1. The molecule has 2 aromatic rings. The summed E-state index contributed by atoms with van der Waals surface area (Å²) in [5.74, 6) is -0.366. The average molecular weight is 456 g/mol. The van der Waals surface area contributed by atoms with E-state index in [0.717, 1.165) is 56.0 Å². The number of nitrogens with one attached hydrogen (secondary N) is 1. The number of rotatable bonds is 11. The Hall–Kier alpha value is -3.10. The molecule has 1 atom stereocenters. The second-order valence-corrected chi connectivity index (χ2v) is 8.29. The Morgan fingerprint density at radius 2 is 1.70 bits per heavy atom. The van der Waals surface area contributed by atoms with Gasteiger partial charge >= 0.3 is 12.1 Å². The van der Waals surface area contributed by atoms with Crippen LogP contribution >= 0.6 is 0 Å². The molecule has 1 fully saturated rings. The van der Waals surface area contributed by atoms with Gasteiger partial charge in [-0.1, -0.05) is 42.5 Å². The van der Waals surface area contributed by atoms with Crippen LogP contribution in [0, 0.1) is 0 Å². The Morgan fingerprint density at radius 3 is 2.36 bits per heavy atom. The molecule has 0 aromatic heterocycles. The van der Waals surface area contributed by atoms with Crippen LogP contribution in [-0.2, 0) is 22.6 Å². The number of benzene rings is 2. The fourth-order valence-electron chi connectivity index (χ4n) is 3.61. The fraction of sp³-hybridized carbons (Fsp3) is 0.440. The summed E-state index contributed by atoms with van der Waals surface area (Å²) in [4.78, 5) is 28.4. The number of hydrogen-bond acceptors (Lipinski definition) is 6. The molecule has 1 aliphatic rings. The standard InChI is InChI=1S/C25H33N3O5/c1-27-13-15-28(16-14-27)12-5-17-32-22-10-8-20(9-11-22)18-23(24(29)30)26-25(31)33-19-21-6-3-2-4-7-21/h2-4,6-11,23H,5,12-19H2,1H3,(H,26,31)(H,29,30)/t23-/m0/s1. The van der Waals surface area contributed by atoms with Gasteiger partial charge in [0.15, 0.2) is 0 Å². The first-order valence-electron chi connectivity index (χ1n) is 11.3. The molecular weight excluding hydrogens is 422 g/mol. The largest absolute Gasteiger partial charge is 0.494 e. The number of alkyl carbamates (subject to hydrolysis) is 1. The molecule has 8 nitrogen and oxygen atoms in total. The summed E-state index contributed by atoms with van der Waals surface area (Å²) < 4.78 is 11.0. The number of carboxylic acids is 1. The fourth-order valence-corrected chi connectivity index (χ4v) is 3.61. The van der Waals surface area contributed by atoms with E-state index >= 15 is 0 Å². The minimum atomic E-state index is -1.11. The van der Waals surface area contributed by atoms with Gasteiger partial charge in [0.1, 0.15) is 18.4 Å². The third-order valence-electron chi connectivity index (χ3n) is 5.65. The van der Waals surface area contributed by atoms with E-state index in [-0.39, 0.29) is 13.0 Å². The smallest absolute Gasteiger partial charge is 0.408 e. The van der Waals surface area contributed by atoms with Gasteiger partial charge in [-0.05, 0) is 36.7 Å². The van der Waals surface area contributed by atoms with Crippen molar-refractivity contribution in [2.24, 2.45) is 0 Å². The van der Waals surface area contributed by atoms with Gasteiger partial charge in [-0.2, -0.15) is 0 Å². The monoisotopic (exact) mass is 455 g/mol. The summed E-state index contributed by atoms with van der Waals surface area (Å²) in [6, 6.07) is 15.4. The molecule has 0 bridgehead atoms. The topological polar surface area (TPSA) is 91.3 Å². The van der Waals surface area contributed by atoms with Crippen LogP contribution in [0.3, 0.4) is 0 Å². The summed E-state index contributed by atoms with van der Waals surface area (Å²) >= 11 is 0. The van der Waals surface area contributed by atoms with Crippen LogP contribution in [0.2, 0.25) is 0 Å². The lowest BCUT2D eigenvalue weighted by Crippen LogP contribution is -2.44. The predicted molar refractivity (Wildman–Crippen MR) is 125 cm³/mol. The lowest BCUT2D eigenvalue weighted by atomic mass is 10.1. The van der Waals surface area contributed by atoms with Gasteiger partial charge in [-0.3, -0.25) is 0 Å². The summed E-state index contributed by atoms with van der Waals surface area (Å²) in [7, 11) is 2.15. The van der Waals surface area contributed by atoms with Gasteiger partial charge < -0.3 is 29.7 Å². The first kappa shape index (κ1) is 24.5. The number of nitrogens with zero attached hydrogens (tertiary/aromatic N) is 2. The maximum absolute atomic E-state index is 12.0. The molecule has 178 valence electrons. The predicted octanol–water partition coefficient (Wildman–Crippen LogP) is 2.62. The van der Waals surface area contributed by atoms with Crippen LogP contribution in [0.25, 0.3) is 0 Å². The van der Waals surface area contributed by atoms with Crippen molar-refractivity contribution in [2.75, 3.05) is 46.4 Å². The van der Waals surface area contributed by atoms with Crippen LogP contribution in [-0.4, -0.2) is 79.4 Å². The highest BCUT2D eigenvalue weighted by atomic mass is 16.5. The lowest BCUT2D eigenvalue weighted by molar-refractivity contribution is -0.139. The van der Waals surface area contributed by atoms with Crippen molar-refractivity contribution < 1.29 is 24.2 Å². The van der Waals surface area contributed by atoms with Crippen LogP contribution in [0.1, 0.15) is 17.5 Å². The number of hydrogen-bond donors (Lipinski definition) is 2. The molecule has 2 N–H and O–H groups in total. The molecule has 0 spiro atoms. The molecule has 1 aliphatic heterocycles. The molecule has 33 heavy (non-hydrogen) atoms. The summed E-state index contributed by atoms with van der Waals surface area (Å²) in [6.45, 7) is 6.17. The first-order valence-corrected chi connectivity index (χ1v) is 11.3. The summed E-state index contributed by atoms with van der Waals surface area (Å²) in [5, 5.41) is 11.9. The minimum Gasteiger partial charge on any atom is -0.494 e. The number of ether oxygens (including phenoxy) is 2. The van der Waals surface area contributed by atoms with Crippen molar-refractivity contribution in [1.29, 1.82) is 0 Å². The van der Waals surface area contributed by atoms with E-state index in [1.807, 2.05) is 54.6 Å². The Kier molecular flexibility index (Phi) is 9.53. The number of piperazine rings is 1. The van der Waals surface area contributed by atoms with Crippen molar-refractivity contribution in [2.45, 2.75) is 25.5 Å². The summed E-state index contributed by atoms with van der Waals surface area (Å²) in [5.41, 5.74) is 1.62. The molecule has 1 heterocycles. The lowest BCUT2D eigenvalue weighted by Gasteiger charge is -2.32. The van der Waals surface area contributed by atoms with Gasteiger partial charge in [0, 0.05) is 39.1 Å².